The second-order valence-corrected chi connectivity index (χ2v) is 6.54. The maximum atomic E-state index is 11.6. The van der Waals surface area contributed by atoms with Crippen LogP contribution in [0.3, 0.4) is 0 Å². The third kappa shape index (κ3) is 4.33. The number of rotatable bonds is 8. The minimum Gasteiger partial charge on any atom is -0.487 e. The number of benzene rings is 2. The molecule has 0 spiro atoms. The van der Waals surface area contributed by atoms with Crippen LogP contribution >= 0.6 is 0 Å². The summed E-state index contributed by atoms with van der Waals surface area (Å²) in [5.41, 5.74) is 2.42. The fraction of sp³-hybridized carbons (Fsp3) is 0.318. The summed E-state index contributed by atoms with van der Waals surface area (Å²) >= 11 is 0. The number of aliphatic hydroxyl groups excluding tert-OH is 1. The molecule has 4 heteroatoms. The van der Waals surface area contributed by atoms with Gasteiger partial charge < -0.3 is 14.8 Å². The predicted octanol–water partition coefficient (Wildman–Crippen LogP) is 4.72. The first kappa shape index (κ1) is 18.2. The number of pyridine rings is 1. The summed E-state index contributed by atoms with van der Waals surface area (Å²) in [6.45, 7) is 2.50. The number of unbranched alkanes of at least 4 members (excludes halogenated alkanes) is 2. The normalized spacial score (nSPS) is 12.2. The van der Waals surface area contributed by atoms with Crippen LogP contribution in [-0.4, -0.2) is 10.1 Å². The zero-order valence-corrected chi connectivity index (χ0v) is 15.1. The maximum absolute atomic E-state index is 11.6. The van der Waals surface area contributed by atoms with Gasteiger partial charge >= 0.3 is 0 Å². The maximum Gasteiger partial charge on any atom is 0.248 e. The Labute approximate surface area is 153 Å². The number of nitrogens with one attached hydrogen (secondary N) is 1. The van der Waals surface area contributed by atoms with Gasteiger partial charge in [0.1, 0.15) is 12.4 Å². The van der Waals surface area contributed by atoms with E-state index in [0.717, 1.165) is 42.2 Å². The minimum atomic E-state index is -0.478. The van der Waals surface area contributed by atoms with Gasteiger partial charge in [-0.25, -0.2) is 0 Å². The first-order valence-electron chi connectivity index (χ1n) is 9.19. The second-order valence-electron chi connectivity index (χ2n) is 6.54. The Balaban J connectivity index is 1.78. The van der Waals surface area contributed by atoms with Crippen molar-refractivity contribution in [3.63, 3.8) is 0 Å². The molecular weight excluding hydrogens is 326 g/mol. The highest BCUT2D eigenvalue weighted by Gasteiger charge is 2.13. The summed E-state index contributed by atoms with van der Waals surface area (Å²) in [6.07, 6.45) is 3.55. The zero-order valence-electron chi connectivity index (χ0n) is 15.1. The van der Waals surface area contributed by atoms with Gasteiger partial charge in [-0.2, -0.15) is 0 Å². The summed E-state index contributed by atoms with van der Waals surface area (Å²) in [4.78, 5) is 14.5. The molecule has 1 aromatic heterocycles. The van der Waals surface area contributed by atoms with Crippen LogP contribution in [0, 0.1) is 0 Å². The molecule has 3 rings (SSSR count). The number of aliphatic hydroxyl groups is 1. The van der Waals surface area contributed by atoms with Crippen molar-refractivity contribution in [2.45, 2.75) is 45.3 Å². The largest absolute Gasteiger partial charge is 0.487 e. The van der Waals surface area contributed by atoms with Gasteiger partial charge in [-0.3, -0.25) is 4.79 Å². The van der Waals surface area contributed by atoms with Crippen molar-refractivity contribution in [2.75, 3.05) is 0 Å². The van der Waals surface area contributed by atoms with Gasteiger partial charge in [-0.15, -0.1) is 0 Å². The molecule has 1 heterocycles. The van der Waals surface area contributed by atoms with Crippen molar-refractivity contribution in [1.82, 2.24) is 4.98 Å². The van der Waals surface area contributed by atoms with E-state index in [9.17, 15) is 9.90 Å². The Kier molecular flexibility index (Phi) is 6.08. The Bertz CT molecular complexity index is 916. The van der Waals surface area contributed by atoms with Crippen LogP contribution in [0.25, 0.3) is 10.9 Å². The lowest BCUT2D eigenvalue weighted by Crippen LogP contribution is -2.07. The van der Waals surface area contributed by atoms with Crippen LogP contribution in [0.2, 0.25) is 0 Å². The fourth-order valence-corrected chi connectivity index (χ4v) is 3.16. The Morgan fingerprint density at radius 1 is 1.04 bits per heavy atom. The molecule has 2 aromatic carbocycles. The van der Waals surface area contributed by atoms with E-state index < -0.39 is 6.10 Å². The number of hydrogen-bond donors (Lipinski definition) is 2. The molecule has 0 aliphatic heterocycles. The first-order chi connectivity index (χ1) is 12.7. The van der Waals surface area contributed by atoms with E-state index in [1.807, 2.05) is 42.5 Å². The number of fused-ring (bicyclic) bond motifs is 1. The van der Waals surface area contributed by atoms with Crippen LogP contribution in [0.1, 0.15) is 49.8 Å². The van der Waals surface area contributed by atoms with Crippen LogP contribution in [-0.2, 0) is 6.61 Å². The van der Waals surface area contributed by atoms with E-state index in [2.05, 4.69) is 11.9 Å². The molecule has 1 atom stereocenters. The lowest BCUT2D eigenvalue weighted by atomic mass is 9.98. The average molecular weight is 351 g/mol. The molecule has 0 bridgehead atoms. The second kappa shape index (κ2) is 8.68. The molecule has 0 fully saturated rings. The number of aromatic nitrogens is 1. The number of H-pyrrole nitrogens is 1. The van der Waals surface area contributed by atoms with E-state index in [1.54, 1.807) is 6.07 Å². The summed E-state index contributed by atoms with van der Waals surface area (Å²) in [7, 11) is 0. The lowest BCUT2D eigenvalue weighted by molar-refractivity contribution is 0.160. The molecule has 0 saturated heterocycles. The van der Waals surface area contributed by atoms with Gasteiger partial charge in [-0.1, -0.05) is 62.6 Å². The van der Waals surface area contributed by atoms with Crippen molar-refractivity contribution >= 4 is 10.9 Å². The molecule has 3 aromatic rings. The molecule has 1 unspecified atom stereocenters. The van der Waals surface area contributed by atoms with Gasteiger partial charge in [0, 0.05) is 11.5 Å². The highest BCUT2D eigenvalue weighted by Crippen LogP contribution is 2.26. The molecule has 0 aliphatic rings. The molecule has 0 amide bonds. The molecule has 26 heavy (non-hydrogen) atoms. The van der Waals surface area contributed by atoms with Crippen LogP contribution < -0.4 is 10.3 Å². The van der Waals surface area contributed by atoms with E-state index in [-0.39, 0.29) is 5.56 Å². The van der Waals surface area contributed by atoms with Crippen LogP contribution in [0.15, 0.2) is 59.4 Å². The standard InChI is InChI=1S/C22H25NO3/c1-2-3-4-11-19(24)18-10-6-5-8-17(18)15-26-20-12-7-9-16-13-14-21(25)23-22(16)20/h5-10,12-14,19,24H,2-4,11,15H2,1H3,(H,23,25). The topological polar surface area (TPSA) is 62.3 Å². The molecule has 2 N–H and O–H groups in total. The smallest absolute Gasteiger partial charge is 0.248 e. The van der Waals surface area contributed by atoms with Gasteiger partial charge in [0.05, 0.1) is 11.6 Å². The van der Waals surface area contributed by atoms with E-state index >= 15 is 0 Å². The monoisotopic (exact) mass is 351 g/mol. The number of para-hydroxylation sites is 1. The highest BCUT2D eigenvalue weighted by atomic mass is 16.5. The van der Waals surface area contributed by atoms with Crippen LogP contribution in [0.4, 0.5) is 0 Å². The summed E-state index contributed by atoms with van der Waals surface area (Å²) in [6, 6.07) is 16.8. The molecule has 0 aliphatic carbocycles. The predicted molar refractivity (Wildman–Crippen MR) is 104 cm³/mol. The molecular formula is C22H25NO3. The van der Waals surface area contributed by atoms with E-state index in [1.165, 1.54) is 6.07 Å². The van der Waals surface area contributed by atoms with Gasteiger partial charge in [0.2, 0.25) is 5.56 Å². The van der Waals surface area contributed by atoms with Gasteiger partial charge in [0.25, 0.3) is 0 Å². The Morgan fingerprint density at radius 2 is 1.88 bits per heavy atom. The fourth-order valence-electron chi connectivity index (χ4n) is 3.16. The van der Waals surface area contributed by atoms with E-state index in [4.69, 9.17) is 4.74 Å². The lowest BCUT2D eigenvalue weighted by Gasteiger charge is -2.16. The molecule has 0 saturated carbocycles. The van der Waals surface area contributed by atoms with Crippen molar-refractivity contribution in [3.05, 3.63) is 76.1 Å². The molecule has 4 nitrogen and oxygen atoms in total. The Morgan fingerprint density at radius 3 is 2.73 bits per heavy atom. The molecule has 0 radical (unpaired) electrons. The van der Waals surface area contributed by atoms with Gasteiger partial charge in [-0.05, 0) is 29.7 Å². The van der Waals surface area contributed by atoms with E-state index in [0.29, 0.717) is 17.9 Å². The minimum absolute atomic E-state index is 0.153. The van der Waals surface area contributed by atoms with Crippen molar-refractivity contribution in [2.24, 2.45) is 0 Å². The van der Waals surface area contributed by atoms with Crippen molar-refractivity contribution < 1.29 is 9.84 Å². The number of hydrogen-bond acceptors (Lipinski definition) is 3. The summed E-state index contributed by atoms with van der Waals surface area (Å²) in [5.74, 6) is 0.635. The van der Waals surface area contributed by atoms with Crippen molar-refractivity contribution in [3.8, 4) is 5.75 Å². The quantitative estimate of drug-likeness (QED) is 0.577. The molecule has 136 valence electrons. The Hall–Kier alpha value is -2.59. The van der Waals surface area contributed by atoms with Crippen LogP contribution in [0.5, 0.6) is 5.75 Å². The average Bonchev–Trinajstić information content (AvgIpc) is 2.66. The third-order valence-electron chi connectivity index (χ3n) is 4.60. The highest BCUT2D eigenvalue weighted by molar-refractivity contribution is 5.84. The number of aromatic amines is 1. The third-order valence-corrected chi connectivity index (χ3v) is 4.60. The van der Waals surface area contributed by atoms with Gasteiger partial charge in [0.15, 0.2) is 0 Å². The number of ether oxygens (including phenoxy) is 1. The zero-order chi connectivity index (χ0) is 18.4. The summed E-state index contributed by atoms with van der Waals surface area (Å²) in [5, 5.41) is 11.5. The van der Waals surface area contributed by atoms with Crippen molar-refractivity contribution in [1.29, 1.82) is 0 Å². The first-order valence-corrected chi connectivity index (χ1v) is 9.19. The SMILES string of the molecule is CCCCCC(O)c1ccccc1COc1cccc2ccc(=O)[nH]c12. The summed E-state index contributed by atoms with van der Waals surface area (Å²) < 4.78 is 6.00.